The van der Waals surface area contributed by atoms with Crippen LogP contribution in [0.1, 0.15) is 12.8 Å². The third kappa shape index (κ3) is 1.68. The second-order valence-corrected chi connectivity index (χ2v) is 4.08. The van der Waals surface area contributed by atoms with E-state index in [4.69, 9.17) is 5.11 Å². The second kappa shape index (κ2) is 3.66. The molecule has 2 heterocycles. The number of hydrogen-bond donors (Lipinski definition) is 3. The van der Waals surface area contributed by atoms with E-state index >= 15 is 0 Å². The number of hydrogen-bond acceptors (Lipinski definition) is 3. The zero-order chi connectivity index (χ0) is 11.8. The molecule has 2 fully saturated rings. The first-order chi connectivity index (χ1) is 7.53. The van der Waals surface area contributed by atoms with Crippen LogP contribution in [0.15, 0.2) is 0 Å². The molecule has 0 aromatic rings. The summed E-state index contributed by atoms with van der Waals surface area (Å²) in [5, 5.41) is 14.0. The van der Waals surface area contributed by atoms with Gasteiger partial charge in [0, 0.05) is 13.1 Å². The highest BCUT2D eigenvalue weighted by molar-refractivity contribution is 5.98. The number of nitrogens with one attached hydrogen (secondary N) is 2. The van der Waals surface area contributed by atoms with Crippen molar-refractivity contribution >= 4 is 17.9 Å². The van der Waals surface area contributed by atoms with Gasteiger partial charge in [-0.25, -0.2) is 4.79 Å². The summed E-state index contributed by atoms with van der Waals surface area (Å²) >= 11 is 0. The van der Waals surface area contributed by atoms with Crippen LogP contribution in [0.4, 0.5) is 4.79 Å². The molecule has 0 unspecified atom stereocenters. The van der Waals surface area contributed by atoms with Gasteiger partial charge in [0.25, 0.3) is 0 Å². The molecule has 2 aliphatic rings. The molecule has 0 atom stereocenters. The van der Waals surface area contributed by atoms with Crippen molar-refractivity contribution in [3.8, 4) is 0 Å². The Morgan fingerprint density at radius 2 is 1.94 bits per heavy atom. The van der Waals surface area contributed by atoms with Crippen LogP contribution in [-0.4, -0.2) is 53.1 Å². The summed E-state index contributed by atoms with van der Waals surface area (Å²) in [4.78, 5) is 34.9. The van der Waals surface area contributed by atoms with Crippen LogP contribution in [0, 0.1) is 0 Å². The number of likely N-dealkylation sites (tertiary alicyclic amines) is 1. The topological polar surface area (TPSA) is 98.7 Å². The lowest BCUT2D eigenvalue weighted by Gasteiger charge is -2.42. The number of carbonyl (C=O) groups is 3. The maximum atomic E-state index is 11.7. The normalized spacial score (nSPS) is 23.9. The Morgan fingerprint density at radius 3 is 2.50 bits per heavy atom. The number of piperazine rings is 1. The molecule has 16 heavy (non-hydrogen) atoms. The minimum Gasteiger partial charge on any atom is -0.465 e. The number of amides is 3. The van der Waals surface area contributed by atoms with Crippen LogP contribution >= 0.6 is 0 Å². The van der Waals surface area contributed by atoms with Crippen LogP contribution in [0.5, 0.6) is 0 Å². The highest BCUT2D eigenvalue weighted by atomic mass is 16.4. The molecule has 0 aromatic carbocycles. The number of rotatable bonds is 0. The minimum absolute atomic E-state index is 0.00320. The van der Waals surface area contributed by atoms with Gasteiger partial charge in [0.05, 0.1) is 6.54 Å². The summed E-state index contributed by atoms with van der Waals surface area (Å²) in [6.07, 6.45) is -0.328. The molecule has 7 nitrogen and oxygen atoms in total. The quantitative estimate of drug-likeness (QED) is 0.481. The van der Waals surface area contributed by atoms with Crippen molar-refractivity contribution < 1.29 is 19.5 Å². The van der Waals surface area contributed by atoms with Crippen LogP contribution < -0.4 is 10.6 Å². The van der Waals surface area contributed by atoms with Gasteiger partial charge in [-0.15, -0.1) is 0 Å². The lowest BCUT2D eigenvalue weighted by atomic mass is 9.85. The molecule has 0 radical (unpaired) electrons. The Labute approximate surface area is 91.8 Å². The minimum atomic E-state index is -0.989. The second-order valence-electron chi connectivity index (χ2n) is 4.08. The molecular weight excluding hydrogens is 214 g/mol. The summed E-state index contributed by atoms with van der Waals surface area (Å²) in [6.45, 7) is 0.537. The molecule has 1 spiro atoms. The fourth-order valence-electron chi connectivity index (χ4n) is 2.13. The predicted octanol–water partition coefficient (Wildman–Crippen LogP) is -1.25. The van der Waals surface area contributed by atoms with E-state index in [9.17, 15) is 14.4 Å². The monoisotopic (exact) mass is 227 g/mol. The molecule has 0 aromatic heterocycles. The Hall–Kier alpha value is -1.79. The van der Waals surface area contributed by atoms with Gasteiger partial charge in [0.15, 0.2) is 0 Å². The van der Waals surface area contributed by atoms with E-state index in [1.807, 2.05) is 0 Å². The Bertz CT molecular complexity index is 347. The smallest absolute Gasteiger partial charge is 0.407 e. The summed E-state index contributed by atoms with van der Waals surface area (Å²) in [5.74, 6) is -0.430. The summed E-state index contributed by atoms with van der Waals surface area (Å²) in [7, 11) is 0. The molecule has 2 saturated heterocycles. The van der Waals surface area contributed by atoms with E-state index in [1.165, 1.54) is 4.90 Å². The molecule has 2 rings (SSSR count). The zero-order valence-electron chi connectivity index (χ0n) is 8.65. The molecule has 88 valence electrons. The summed E-state index contributed by atoms with van der Waals surface area (Å²) in [6, 6.07) is 0. The van der Waals surface area contributed by atoms with Gasteiger partial charge >= 0.3 is 6.09 Å². The van der Waals surface area contributed by atoms with E-state index < -0.39 is 11.6 Å². The van der Waals surface area contributed by atoms with E-state index in [1.54, 1.807) is 0 Å². The molecule has 3 N–H and O–H groups in total. The molecule has 0 aliphatic carbocycles. The van der Waals surface area contributed by atoms with Crippen LogP contribution in [-0.2, 0) is 9.59 Å². The van der Waals surface area contributed by atoms with Crippen molar-refractivity contribution in [2.75, 3.05) is 19.6 Å². The first kappa shape index (κ1) is 10.7. The molecule has 2 aliphatic heterocycles. The largest absolute Gasteiger partial charge is 0.465 e. The predicted molar refractivity (Wildman–Crippen MR) is 52.7 cm³/mol. The van der Waals surface area contributed by atoms with Gasteiger partial charge in [-0.1, -0.05) is 0 Å². The standard InChI is InChI=1S/C9H13N3O4/c13-6-5-10-7(14)9(11-6)1-3-12(4-2-9)8(15)16/h1-5H2,(H,10,14)(H,11,13)(H,15,16). The van der Waals surface area contributed by atoms with E-state index in [-0.39, 0.29) is 31.4 Å². The van der Waals surface area contributed by atoms with E-state index in [0.717, 1.165) is 0 Å². The average Bonchev–Trinajstić information content (AvgIpc) is 2.25. The number of piperidine rings is 1. The van der Waals surface area contributed by atoms with Crippen LogP contribution in [0.3, 0.4) is 0 Å². The molecule has 7 heteroatoms. The Morgan fingerprint density at radius 1 is 1.31 bits per heavy atom. The summed E-state index contributed by atoms with van der Waals surface area (Å²) < 4.78 is 0. The van der Waals surface area contributed by atoms with Gasteiger partial charge in [-0.2, -0.15) is 0 Å². The molecule has 0 saturated carbocycles. The van der Waals surface area contributed by atoms with Crippen LogP contribution in [0.25, 0.3) is 0 Å². The first-order valence-electron chi connectivity index (χ1n) is 5.11. The first-order valence-corrected chi connectivity index (χ1v) is 5.11. The van der Waals surface area contributed by atoms with Gasteiger partial charge < -0.3 is 20.6 Å². The lowest BCUT2D eigenvalue weighted by Crippen LogP contribution is -2.68. The maximum absolute atomic E-state index is 11.7. The van der Waals surface area contributed by atoms with Gasteiger partial charge in [0.2, 0.25) is 11.8 Å². The highest BCUT2D eigenvalue weighted by Crippen LogP contribution is 2.24. The van der Waals surface area contributed by atoms with Crippen molar-refractivity contribution in [1.82, 2.24) is 15.5 Å². The third-order valence-electron chi connectivity index (χ3n) is 3.11. The van der Waals surface area contributed by atoms with Crippen molar-refractivity contribution in [1.29, 1.82) is 0 Å². The molecule has 3 amide bonds. The SMILES string of the molecule is O=C1CNC(=O)C2(CCN(C(=O)O)CC2)N1. The number of carbonyl (C=O) groups excluding carboxylic acids is 2. The van der Waals surface area contributed by atoms with E-state index in [2.05, 4.69) is 10.6 Å². The van der Waals surface area contributed by atoms with Gasteiger partial charge in [-0.3, -0.25) is 9.59 Å². The van der Waals surface area contributed by atoms with Crippen molar-refractivity contribution in [2.24, 2.45) is 0 Å². The van der Waals surface area contributed by atoms with Crippen molar-refractivity contribution in [3.63, 3.8) is 0 Å². The number of nitrogens with zero attached hydrogens (tertiary/aromatic N) is 1. The summed E-state index contributed by atoms with van der Waals surface area (Å²) in [5.41, 5.74) is -0.902. The third-order valence-corrected chi connectivity index (χ3v) is 3.11. The van der Waals surface area contributed by atoms with Crippen molar-refractivity contribution in [3.05, 3.63) is 0 Å². The zero-order valence-corrected chi connectivity index (χ0v) is 8.65. The van der Waals surface area contributed by atoms with E-state index in [0.29, 0.717) is 12.8 Å². The highest BCUT2D eigenvalue weighted by Gasteiger charge is 2.45. The fraction of sp³-hybridized carbons (Fsp3) is 0.667. The van der Waals surface area contributed by atoms with Gasteiger partial charge in [0.1, 0.15) is 5.54 Å². The average molecular weight is 227 g/mol. The van der Waals surface area contributed by atoms with Gasteiger partial charge in [-0.05, 0) is 12.8 Å². The Balaban J connectivity index is 2.07. The molecule has 0 bridgehead atoms. The van der Waals surface area contributed by atoms with Crippen molar-refractivity contribution in [2.45, 2.75) is 18.4 Å². The Kier molecular flexibility index (Phi) is 2.45. The lowest BCUT2D eigenvalue weighted by molar-refractivity contribution is -0.140. The van der Waals surface area contributed by atoms with Crippen LogP contribution in [0.2, 0.25) is 0 Å². The number of carboxylic acid groups (broad SMARTS) is 1. The fourth-order valence-corrected chi connectivity index (χ4v) is 2.13. The molecular formula is C9H13N3O4. The maximum Gasteiger partial charge on any atom is 0.407 e.